The highest BCUT2D eigenvalue weighted by atomic mass is 35.5. The Balaban J connectivity index is 2.41. The van der Waals surface area contributed by atoms with E-state index in [2.05, 4.69) is 10.1 Å². The molecule has 17 heavy (non-hydrogen) atoms. The highest BCUT2D eigenvalue weighted by Crippen LogP contribution is 2.30. The lowest BCUT2D eigenvalue weighted by atomic mass is 10.3. The van der Waals surface area contributed by atoms with Crippen LogP contribution in [0.15, 0.2) is 12.1 Å². The maximum absolute atomic E-state index is 5.80. The normalized spacial score (nSPS) is 10.6. The van der Waals surface area contributed by atoms with Crippen LogP contribution in [0.1, 0.15) is 11.4 Å². The fourth-order valence-electron chi connectivity index (χ4n) is 1.51. The minimum Gasteiger partial charge on any atom is -0.433 e. The van der Waals surface area contributed by atoms with Crippen molar-refractivity contribution in [1.29, 1.82) is 0 Å². The van der Waals surface area contributed by atoms with Gasteiger partial charge in [0.25, 0.3) is 0 Å². The lowest BCUT2D eigenvalue weighted by Gasteiger charge is -2.07. The summed E-state index contributed by atoms with van der Waals surface area (Å²) in [7, 11) is 1.85. The molecular weight excluding hydrogens is 240 g/mol. The molecule has 0 saturated heterocycles. The number of nitrogens with zero attached hydrogens (tertiary/aromatic N) is 3. The van der Waals surface area contributed by atoms with E-state index in [-0.39, 0.29) is 0 Å². The third kappa shape index (κ3) is 2.19. The Morgan fingerprint density at radius 3 is 2.65 bits per heavy atom. The molecule has 0 fully saturated rings. The molecule has 2 aromatic rings. The Morgan fingerprint density at radius 2 is 2.06 bits per heavy atom. The number of aromatic nitrogens is 3. The number of ether oxygens (including phenoxy) is 1. The van der Waals surface area contributed by atoms with Gasteiger partial charge in [0.05, 0.1) is 11.4 Å². The van der Waals surface area contributed by atoms with Crippen molar-refractivity contribution in [3.63, 3.8) is 0 Å². The molecule has 0 aliphatic carbocycles. The van der Waals surface area contributed by atoms with Gasteiger partial charge in [-0.2, -0.15) is 10.1 Å². The number of nitrogens with two attached hydrogens (primary N) is 1. The summed E-state index contributed by atoms with van der Waals surface area (Å²) in [5.41, 5.74) is 7.90. The van der Waals surface area contributed by atoms with Gasteiger partial charge in [0.1, 0.15) is 10.8 Å². The molecule has 0 aromatic carbocycles. The number of anilines is 1. The number of hydrogen-bond donors (Lipinski definition) is 1. The van der Waals surface area contributed by atoms with Crippen LogP contribution in [0.2, 0.25) is 5.15 Å². The first-order valence-corrected chi connectivity index (χ1v) is 5.47. The van der Waals surface area contributed by atoms with Gasteiger partial charge in [-0.1, -0.05) is 11.6 Å². The molecule has 6 heteroatoms. The number of aryl methyl sites for hydroxylation is 2. The first kappa shape index (κ1) is 11.7. The van der Waals surface area contributed by atoms with Crippen LogP contribution in [0.3, 0.4) is 0 Å². The standard InChI is InChI=1S/C11H13ClN4O/c1-6-10(7(2)16(3)15-6)17-11-8(13)4-5-9(12)14-11/h4-5H,13H2,1-3H3. The lowest BCUT2D eigenvalue weighted by Crippen LogP contribution is -1.97. The van der Waals surface area contributed by atoms with Gasteiger partial charge in [0.15, 0.2) is 5.75 Å². The third-order valence-corrected chi connectivity index (χ3v) is 2.71. The van der Waals surface area contributed by atoms with Crippen LogP contribution in [0.25, 0.3) is 0 Å². The monoisotopic (exact) mass is 252 g/mol. The van der Waals surface area contributed by atoms with E-state index in [9.17, 15) is 0 Å². The van der Waals surface area contributed by atoms with Crippen LogP contribution in [-0.2, 0) is 7.05 Å². The van der Waals surface area contributed by atoms with E-state index in [0.717, 1.165) is 11.4 Å². The smallest absolute Gasteiger partial charge is 0.244 e. The van der Waals surface area contributed by atoms with Crippen molar-refractivity contribution < 1.29 is 4.74 Å². The largest absolute Gasteiger partial charge is 0.433 e. The fourth-order valence-corrected chi connectivity index (χ4v) is 1.65. The van der Waals surface area contributed by atoms with E-state index >= 15 is 0 Å². The van der Waals surface area contributed by atoms with E-state index < -0.39 is 0 Å². The second-order valence-electron chi connectivity index (χ2n) is 3.75. The number of hydrogen-bond acceptors (Lipinski definition) is 4. The predicted molar refractivity (Wildman–Crippen MR) is 66.4 cm³/mol. The van der Waals surface area contributed by atoms with Crippen LogP contribution in [0.4, 0.5) is 5.69 Å². The van der Waals surface area contributed by atoms with E-state index in [1.54, 1.807) is 16.8 Å². The van der Waals surface area contributed by atoms with Crippen molar-refractivity contribution in [2.45, 2.75) is 13.8 Å². The first-order chi connectivity index (χ1) is 7.99. The summed E-state index contributed by atoms with van der Waals surface area (Å²) in [4.78, 5) is 4.04. The maximum Gasteiger partial charge on any atom is 0.244 e. The van der Waals surface area contributed by atoms with Crippen molar-refractivity contribution in [3.05, 3.63) is 28.7 Å². The van der Waals surface area contributed by atoms with Gasteiger partial charge in [-0.15, -0.1) is 0 Å². The summed E-state index contributed by atoms with van der Waals surface area (Å²) in [6, 6.07) is 3.28. The average molecular weight is 253 g/mol. The summed E-state index contributed by atoms with van der Waals surface area (Å²) in [5.74, 6) is 0.964. The third-order valence-electron chi connectivity index (χ3n) is 2.50. The molecule has 2 aromatic heterocycles. The molecule has 2 heterocycles. The Labute approximate surface area is 104 Å². The SMILES string of the molecule is Cc1nn(C)c(C)c1Oc1nc(Cl)ccc1N. The molecule has 0 saturated carbocycles. The van der Waals surface area contributed by atoms with Crippen molar-refractivity contribution >= 4 is 17.3 Å². The lowest BCUT2D eigenvalue weighted by molar-refractivity contribution is 0.458. The summed E-state index contributed by atoms with van der Waals surface area (Å²) < 4.78 is 7.41. The van der Waals surface area contributed by atoms with Crippen molar-refractivity contribution in [2.24, 2.45) is 7.05 Å². The average Bonchev–Trinajstić information content (AvgIpc) is 2.50. The molecular formula is C11H13ClN4O. The molecule has 0 radical (unpaired) electrons. The minimum atomic E-state index is 0.303. The zero-order valence-electron chi connectivity index (χ0n) is 9.86. The van der Waals surface area contributed by atoms with Gasteiger partial charge in [-0.3, -0.25) is 4.68 Å². The second kappa shape index (κ2) is 4.25. The van der Waals surface area contributed by atoms with Gasteiger partial charge in [0, 0.05) is 7.05 Å². The summed E-state index contributed by atoms with van der Waals surface area (Å²) in [5, 5.41) is 4.59. The molecule has 0 bridgehead atoms. The highest BCUT2D eigenvalue weighted by Gasteiger charge is 2.14. The number of pyridine rings is 1. The number of halogens is 1. The minimum absolute atomic E-state index is 0.303. The van der Waals surface area contributed by atoms with E-state index in [0.29, 0.717) is 22.5 Å². The van der Waals surface area contributed by atoms with Gasteiger partial charge in [0.2, 0.25) is 5.88 Å². The van der Waals surface area contributed by atoms with Gasteiger partial charge >= 0.3 is 0 Å². The summed E-state index contributed by atoms with van der Waals surface area (Å²) in [6.07, 6.45) is 0. The summed E-state index contributed by atoms with van der Waals surface area (Å²) >= 11 is 5.80. The molecule has 5 nitrogen and oxygen atoms in total. The molecule has 0 amide bonds. The van der Waals surface area contributed by atoms with Crippen LogP contribution in [0.5, 0.6) is 11.6 Å². The van der Waals surface area contributed by atoms with E-state index in [1.165, 1.54) is 0 Å². The molecule has 2 N–H and O–H groups in total. The Bertz CT molecular complexity index is 565. The van der Waals surface area contributed by atoms with Crippen molar-refractivity contribution in [3.8, 4) is 11.6 Å². The second-order valence-corrected chi connectivity index (χ2v) is 4.14. The van der Waals surface area contributed by atoms with Crippen molar-refractivity contribution in [2.75, 3.05) is 5.73 Å². The quantitative estimate of drug-likeness (QED) is 0.834. The van der Waals surface area contributed by atoms with Gasteiger partial charge < -0.3 is 10.5 Å². The maximum atomic E-state index is 5.80. The van der Waals surface area contributed by atoms with Crippen LogP contribution < -0.4 is 10.5 Å². The molecule has 0 aliphatic rings. The van der Waals surface area contributed by atoms with Crippen molar-refractivity contribution in [1.82, 2.24) is 14.8 Å². The zero-order valence-corrected chi connectivity index (χ0v) is 10.6. The van der Waals surface area contributed by atoms with Crippen LogP contribution >= 0.6 is 11.6 Å². The summed E-state index contributed by atoms with van der Waals surface area (Å²) in [6.45, 7) is 3.78. The highest BCUT2D eigenvalue weighted by molar-refractivity contribution is 6.29. The Kier molecular flexibility index (Phi) is 2.93. The number of nitrogen functional groups attached to an aromatic ring is 1. The van der Waals surface area contributed by atoms with Gasteiger partial charge in [-0.05, 0) is 26.0 Å². The van der Waals surface area contributed by atoms with E-state index in [4.69, 9.17) is 22.1 Å². The van der Waals surface area contributed by atoms with Crippen LogP contribution in [0, 0.1) is 13.8 Å². The fraction of sp³-hybridized carbons (Fsp3) is 0.273. The number of rotatable bonds is 2. The van der Waals surface area contributed by atoms with Crippen LogP contribution in [-0.4, -0.2) is 14.8 Å². The van der Waals surface area contributed by atoms with E-state index in [1.807, 2.05) is 20.9 Å². The van der Waals surface area contributed by atoms with Gasteiger partial charge in [-0.25, -0.2) is 0 Å². The topological polar surface area (TPSA) is 66.0 Å². The molecule has 0 unspecified atom stereocenters. The molecule has 90 valence electrons. The molecule has 0 spiro atoms. The zero-order chi connectivity index (χ0) is 12.6. The first-order valence-electron chi connectivity index (χ1n) is 5.09. The Hall–Kier alpha value is -1.75. The molecule has 0 atom stereocenters. The Morgan fingerprint density at radius 1 is 1.35 bits per heavy atom. The predicted octanol–water partition coefficient (Wildman–Crippen LogP) is 2.46. The molecule has 0 aliphatic heterocycles. The molecule has 2 rings (SSSR count).